The lowest BCUT2D eigenvalue weighted by molar-refractivity contribution is -0.140. The molecule has 162 valence electrons. The van der Waals surface area contributed by atoms with Gasteiger partial charge in [0.2, 0.25) is 11.8 Å². The summed E-state index contributed by atoms with van der Waals surface area (Å²) in [4.78, 5) is 28.5. The predicted molar refractivity (Wildman–Crippen MR) is 126 cm³/mol. The van der Waals surface area contributed by atoms with E-state index in [1.807, 2.05) is 69.3 Å². The summed E-state index contributed by atoms with van der Waals surface area (Å²) < 4.78 is 0. The molecule has 0 bridgehead atoms. The highest BCUT2D eigenvalue weighted by atomic mass is 35.5. The Morgan fingerprint density at radius 1 is 1.07 bits per heavy atom. The third kappa shape index (κ3) is 7.69. The van der Waals surface area contributed by atoms with Gasteiger partial charge >= 0.3 is 0 Å². The summed E-state index contributed by atoms with van der Waals surface area (Å²) in [5.74, 6) is 0.504. The van der Waals surface area contributed by atoms with Crippen molar-refractivity contribution in [1.82, 2.24) is 10.2 Å². The van der Waals surface area contributed by atoms with Crippen LogP contribution >= 0.6 is 23.4 Å². The maximum absolute atomic E-state index is 13.1. The Morgan fingerprint density at radius 3 is 2.30 bits per heavy atom. The molecule has 6 heteroatoms. The molecule has 2 atom stereocenters. The first-order valence-corrected chi connectivity index (χ1v) is 11.7. The molecule has 0 radical (unpaired) electrons. The number of hydrogen-bond acceptors (Lipinski definition) is 3. The van der Waals surface area contributed by atoms with Crippen LogP contribution in [-0.4, -0.2) is 34.6 Å². The number of nitrogens with one attached hydrogen (secondary N) is 1. The molecule has 0 heterocycles. The lowest BCUT2D eigenvalue weighted by Gasteiger charge is -2.29. The van der Waals surface area contributed by atoms with Gasteiger partial charge in [0.25, 0.3) is 0 Å². The fourth-order valence-electron chi connectivity index (χ4n) is 2.87. The fourth-order valence-corrected chi connectivity index (χ4v) is 3.84. The molecular weight excluding hydrogens is 416 g/mol. The zero-order valence-corrected chi connectivity index (χ0v) is 19.7. The Hall–Kier alpha value is -1.98. The summed E-state index contributed by atoms with van der Waals surface area (Å²) in [7, 11) is 0. The van der Waals surface area contributed by atoms with E-state index in [1.165, 1.54) is 5.56 Å². The molecule has 0 saturated carbocycles. The van der Waals surface area contributed by atoms with E-state index < -0.39 is 6.04 Å². The molecule has 2 aromatic carbocycles. The topological polar surface area (TPSA) is 49.4 Å². The number of halogens is 1. The van der Waals surface area contributed by atoms with Crippen molar-refractivity contribution in [1.29, 1.82) is 0 Å². The summed E-state index contributed by atoms with van der Waals surface area (Å²) in [5, 5.41) is 3.69. The highest BCUT2D eigenvalue weighted by molar-refractivity contribution is 7.99. The van der Waals surface area contributed by atoms with Gasteiger partial charge in [-0.15, -0.1) is 11.8 Å². The lowest BCUT2D eigenvalue weighted by atomic mass is 10.1. The largest absolute Gasteiger partial charge is 0.352 e. The van der Waals surface area contributed by atoms with Crippen molar-refractivity contribution in [2.75, 3.05) is 5.75 Å². The molecule has 4 nitrogen and oxygen atoms in total. The van der Waals surface area contributed by atoms with Crippen molar-refractivity contribution in [3.05, 3.63) is 64.7 Å². The smallest absolute Gasteiger partial charge is 0.242 e. The van der Waals surface area contributed by atoms with E-state index >= 15 is 0 Å². The number of carbonyl (C=O) groups is 2. The van der Waals surface area contributed by atoms with Crippen LogP contribution in [0.25, 0.3) is 0 Å². The molecular formula is C24H31ClN2O2S. The third-order valence-corrected chi connectivity index (χ3v) is 6.31. The summed E-state index contributed by atoms with van der Waals surface area (Å²) >= 11 is 7.54. The highest BCUT2D eigenvalue weighted by Gasteiger charge is 2.26. The predicted octanol–water partition coefficient (Wildman–Crippen LogP) is 5.46. The van der Waals surface area contributed by atoms with Crippen LogP contribution in [0.3, 0.4) is 0 Å². The zero-order chi connectivity index (χ0) is 22.1. The van der Waals surface area contributed by atoms with Gasteiger partial charge in [-0.25, -0.2) is 0 Å². The molecule has 0 aliphatic rings. The van der Waals surface area contributed by atoms with Gasteiger partial charge in [-0.2, -0.15) is 0 Å². The van der Waals surface area contributed by atoms with Crippen molar-refractivity contribution in [2.24, 2.45) is 0 Å². The molecule has 2 rings (SSSR count). The van der Waals surface area contributed by atoms with Gasteiger partial charge in [0.15, 0.2) is 0 Å². The minimum atomic E-state index is -0.534. The van der Waals surface area contributed by atoms with E-state index in [9.17, 15) is 9.59 Å². The second kappa shape index (κ2) is 12.0. The second-order valence-electron chi connectivity index (χ2n) is 7.55. The molecule has 0 unspecified atom stereocenters. The van der Waals surface area contributed by atoms with E-state index in [4.69, 9.17) is 11.6 Å². The van der Waals surface area contributed by atoms with Gasteiger partial charge in [0, 0.05) is 34.7 Å². The Bertz CT molecular complexity index is 824. The number of amides is 2. The van der Waals surface area contributed by atoms with E-state index in [2.05, 4.69) is 5.32 Å². The first-order chi connectivity index (χ1) is 14.3. The van der Waals surface area contributed by atoms with Crippen molar-refractivity contribution < 1.29 is 9.59 Å². The SMILES string of the molecule is CC[C@@H](C)NC(=O)[C@H](C)N(Cc1ccc(C)cc1)C(=O)CCSc1ccc(Cl)cc1. The molecule has 0 spiro atoms. The molecule has 0 fully saturated rings. The van der Waals surface area contributed by atoms with Crippen LogP contribution in [0.2, 0.25) is 5.02 Å². The highest BCUT2D eigenvalue weighted by Crippen LogP contribution is 2.22. The first kappa shape index (κ1) is 24.3. The van der Waals surface area contributed by atoms with Crippen LogP contribution < -0.4 is 5.32 Å². The number of aryl methyl sites for hydroxylation is 1. The van der Waals surface area contributed by atoms with Crippen molar-refractivity contribution >= 4 is 35.2 Å². The molecule has 0 saturated heterocycles. The van der Waals surface area contributed by atoms with Gasteiger partial charge in [0.1, 0.15) is 6.04 Å². The monoisotopic (exact) mass is 446 g/mol. The van der Waals surface area contributed by atoms with Crippen molar-refractivity contribution in [3.63, 3.8) is 0 Å². The number of thioether (sulfide) groups is 1. The number of hydrogen-bond donors (Lipinski definition) is 1. The molecule has 0 aliphatic carbocycles. The van der Waals surface area contributed by atoms with E-state index in [0.717, 1.165) is 16.9 Å². The van der Waals surface area contributed by atoms with Crippen molar-refractivity contribution in [2.45, 2.75) is 64.1 Å². The minimum absolute atomic E-state index is 0.0242. The van der Waals surface area contributed by atoms with Crippen LogP contribution in [0.5, 0.6) is 0 Å². The van der Waals surface area contributed by atoms with Gasteiger partial charge in [-0.3, -0.25) is 9.59 Å². The number of benzene rings is 2. The summed E-state index contributed by atoms with van der Waals surface area (Å²) in [6.07, 6.45) is 1.21. The van der Waals surface area contributed by atoms with Crippen molar-refractivity contribution in [3.8, 4) is 0 Å². The number of carbonyl (C=O) groups excluding carboxylic acids is 2. The molecule has 0 aromatic heterocycles. The van der Waals surface area contributed by atoms with Crippen LogP contribution in [0.4, 0.5) is 0 Å². The summed E-state index contributed by atoms with van der Waals surface area (Å²) in [5.41, 5.74) is 2.18. The van der Waals surface area contributed by atoms with Crippen LogP contribution in [0, 0.1) is 6.92 Å². The molecule has 2 amide bonds. The quantitative estimate of drug-likeness (QED) is 0.493. The molecule has 1 N–H and O–H groups in total. The molecule has 30 heavy (non-hydrogen) atoms. The Kier molecular flexibility index (Phi) is 9.73. The van der Waals surface area contributed by atoms with Gasteiger partial charge in [-0.1, -0.05) is 48.4 Å². The Morgan fingerprint density at radius 2 is 1.70 bits per heavy atom. The van der Waals surface area contributed by atoms with E-state index in [0.29, 0.717) is 23.7 Å². The number of rotatable bonds is 10. The average molecular weight is 447 g/mol. The average Bonchev–Trinajstić information content (AvgIpc) is 2.74. The lowest BCUT2D eigenvalue weighted by Crippen LogP contribution is -2.49. The van der Waals surface area contributed by atoms with Gasteiger partial charge in [-0.05, 0) is 57.0 Å². The number of nitrogens with zero attached hydrogens (tertiary/aromatic N) is 1. The summed E-state index contributed by atoms with van der Waals surface area (Å²) in [6, 6.07) is 15.2. The molecule has 2 aromatic rings. The van der Waals surface area contributed by atoms with Crippen LogP contribution in [0.1, 0.15) is 44.7 Å². The second-order valence-corrected chi connectivity index (χ2v) is 9.16. The van der Waals surface area contributed by atoms with Crippen LogP contribution in [0.15, 0.2) is 53.4 Å². The standard InChI is InChI=1S/C24H31ClN2O2S/c1-5-18(3)26-24(29)19(4)27(16-20-8-6-17(2)7-9-20)23(28)14-15-30-22-12-10-21(25)11-13-22/h6-13,18-19H,5,14-16H2,1-4H3,(H,26,29)/t18-,19+/m1/s1. The third-order valence-electron chi connectivity index (χ3n) is 5.04. The first-order valence-electron chi connectivity index (χ1n) is 10.3. The van der Waals surface area contributed by atoms with E-state index in [-0.39, 0.29) is 17.9 Å². The maximum atomic E-state index is 13.1. The fraction of sp³-hybridized carbons (Fsp3) is 0.417. The normalized spacial score (nSPS) is 12.8. The summed E-state index contributed by atoms with van der Waals surface area (Å²) in [6.45, 7) is 8.25. The molecule has 0 aliphatic heterocycles. The van der Waals surface area contributed by atoms with Gasteiger partial charge < -0.3 is 10.2 Å². The Balaban J connectivity index is 2.06. The van der Waals surface area contributed by atoms with Gasteiger partial charge in [0.05, 0.1) is 0 Å². The maximum Gasteiger partial charge on any atom is 0.242 e. The van der Waals surface area contributed by atoms with Crippen LogP contribution in [-0.2, 0) is 16.1 Å². The minimum Gasteiger partial charge on any atom is -0.352 e. The Labute approximate surface area is 189 Å². The van der Waals surface area contributed by atoms with E-state index in [1.54, 1.807) is 23.6 Å². The zero-order valence-electron chi connectivity index (χ0n) is 18.2.